The molecule has 1 aromatic rings. The van der Waals surface area contributed by atoms with Crippen molar-refractivity contribution in [1.29, 1.82) is 0 Å². The first-order valence-electron chi connectivity index (χ1n) is 8.70. The molecule has 4 heteroatoms. The quantitative estimate of drug-likeness (QED) is 0.767. The molecule has 0 spiro atoms. The van der Waals surface area contributed by atoms with E-state index in [9.17, 15) is 4.79 Å². The largest absolute Gasteiger partial charge is 0.493 e. The Balaban J connectivity index is 1.85. The fraction of sp³-hybridized carbons (Fsp3) is 0.632. The Bertz CT molecular complexity index is 515. The van der Waals surface area contributed by atoms with E-state index in [0.717, 1.165) is 50.1 Å². The lowest BCUT2D eigenvalue weighted by atomic mass is 9.99. The summed E-state index contributed by atoms with van der Waals surface area (Å²) >= 11 is 0. The number of carbonyl (C=O) groups excluding carboxylic acids is 1. The Kier molecular flexibility index (Phi) is 6.75. The number of nitrogens with zero attached hydrogens (tertiary/aromatic N) is 1. The maximum atomic E-state index is 12.5. The van der Waals surface area contributed by atoms with Crippen molar-refractivity contribution in [2.45, 2.75) is 57.9 Å². The zero-order chi connectivity index (χ0) is 16.7. The number of piperidine rings is 1. The molecule has 1 amide bonds. The van der Waals surface area contributed by atoms with E-state index < -0.39 is 0 Å². The molecule has 1 aromatic carbocycles. The molecule has 0 N–H and O–H groups in total. The minimum absolute atomic E-state index is 0.317. The summed E-state index contributed by atoms with van der Waals surface area (Å²) in [4.78, 5) is 14.6. The zero-order valence-corrected chi connectivity index (χ0v) is 14.6. The number of likely N-dealkylation sites (tertiary alicyclic amines) is 1. The number of hydrogen-bond donors (Lipinski definition) is 0. The molecule has 1 heterocycles. The van der Waals surface area contributed by atoms with Crippen molar-refractivity contribution in [2.24, 2.45) is 0 Å². The van der Waals surface area contributed by atoms with Crippen LogP contribution in [0.4, 0.5) is 0 Å². The smallest absolute Gasteiger partial charge is 0.222 e. The van der Waals surface area contributed by atoms with Crippen LogP contribution < -0.4 is 9.47 Å². The van der Waals surface area contributed by atoms with Gasteiger partial charge in [0, 0.05) is 19.0 Å². The fourth-order valence-corrected chi connectivity index (χ4v) is 3.38. The lowest BCUT2D eigenvalue weighted by Crippen LogP contribution is -2.43. The van der Waals surface area contributed by atoms with Gasteiger partial charge in [0.15, 0.2) is 11.5 Å². The van der Waals surface area contributed by atoms with E-state index in [2.05, 4.69) is 11.8 Å². The molecule has 4 nitrogen and oxygen atoms in total. The van der Waals surface area contributed by atoms with Crippen LogP contribution in [0.15, 0.2) is 18.2 Å². The summed E-state index contributed by atoms with van der Waals surface area (Å²) in [5, 5.41) is 0. The number of methoxy groups -OCH3 is 2. The predicted octanol–water partition coefficient (Wildman–Crippen LogP) is 3.82. The summed E-state index contributed by atoms with van der Waals surface area (Å²) in [6.45, 7) is 3.12. The Labute approximate surface area is 139 Å². The zero-order valence-electron chi connectivity index (χ0n) is 14.6. The molecule has 0 saturated carbocycles. The molecule has 1 aliphatic rings. The van der Waals surface area contributed by atoms with Crippen LogP contribution >= 0.6 is 0 Å². The van der Waals surface area contributed by atoms with Crippen LogP contribution in [0.3, 0.4) is 0 Å². The number of hydrogen-bond acceptors (Lipinski definition) is 3. The van der Waals surface area contributed by atoms with Crippen molar-refractivity contribution in [3.8, 4) is 11.5 Å². The molecule has 2 rings (SSSR count). The second kappa shape index (κ2) is 8.80. The molecule has 1 saturated heterocycles. The maximum Gasteiger partial charge on any atom is 0.222 e. The molecule has 0 radical (unpaired) electrons. The van der Waals surface area contributed by atoms with Crippen molar-refractivity contribution in [2.75, 3.05) is 20.8 Å². The molecule has 1 unspecified atom stereocenters. The van der Waals surface area contributed by atoms with E-state index in [-0.39, 0.29) is 0 Å². The maximum absolute atomic E-state index is 12.5. The van der Waals surface area contributed by atoms with E-state index in [1.807, 2.05) is 18.2 Å². The standard InChI is InChI=1S/C19H29NO3/c1-4-16-9-5-6-13-20(16)19(21)10-7-8-15-11-12-17(22-2)18(14-15)23-3/h11-12,14,16H,4-10,13H2,1-3H3. The van der Waals surface area contributed by atoms with Gasteiger partial charge in [0.05, 0.1) is 14.2 Å². The summed E-state index contributed by atoms with van der Waals surface area (Å²) < 4.78 is 10.6. The van der Waals surface area contributed by atoms with Crippen molar-refractivity contribution >= 4 is 5.91 Å². The second-order valence-electron chi connectivity index (χ2n) is 6.19. The fourth-order valence-electron chi connectivity index (χ4n) is 3.38. The molecule has 1 atom stereocenters. The summed E-state index contributed by atoms with van der Waals surface area (Å²) in [5.74, 6) is 1.81. The third-order valence-electron chi connectivity index (χ3n) is 4.72. The highest BCUT2D eigenvalue weighted by Gasteiger charge is 2.24. The van der Waals surface area contributed by atoms with Gasteiger partial charge >= 0.3 is 0 Å². The third kappa shape index (κ3) is 4.63. The number of aryl methyl sites for hydroxylation is 1. The Morgan fingerprint density at radius 3 is 2.70 bits per heavy atom. The number of amides is 1. The molecular weight excluding hydrogens is 290 g/mol. The molecule has 0 aliphatic carbocycles. The number of carbonyl (C=O) groups is 1. The van der Waals surface area contributed by atoms with Crippen molar-refractivity contribution in [3.05, 3.63) is 23.8 Å². The van der Waals surface area contributed by atoms with E-state index >= 15 is 0 Å². The van der Waals surface area contributed by atoms with Crippen molar-refractivity contribution in [3.63, 3.8) is 0 Å². The summed E-state index contributed by atoms with van der Waals surface area (Å²) in [5.41, 5.74) is 1.18. The molecule has 128 valence electrons. The van der Waals surface area contributed by atoms with Crippen LogP contribution in [0.1, 0.15) is 51.0 Å². The van der Waals surface area contributed by atoms with Gasteiger partial charge in [0.2, 0.25) is 5.91 Å². The number of benzene rings is 1. The summed E-state index contributed by atoms with van der Waals surface area (Å²) in [6.07, 6.45) is 7.04. The highest BCUT2D eigenvalue weighted by atomic mass is 16.5. The Morgan fingerprint density at radius 1 is 1.22 bits per heavy atom. The van der Waals surface area contributed by atoms with Crippen LogP contribution in [-0.4, -0.2) is 37.6 Å². The van der Waals surface area contributed by atoms with Gasteiger partial charge in [0.25, 0.3) is 0 Å². The monoisotopic (exact) mass is 319 g/mol. The van der Waals surface area contributed by atoms with Crippen molar-refractivity contribution < 1.29 is 14.3 Å². The van der Waals surface area contributed by atoms with Crippen LogP contribution in [0.5, 0.6) is 11.5 Å². The van der Waals surface area contributed by atoms with E-state index in [0.29, 0.717) is 18.4 Å². The first-order chi connectivity index (χ1) is 11.2. The first-order valence-corrected chi connectivity index (χ1v) is 8.70. The normalized spacial score (nSPS) is 17.9. The van der Waals surface area contributed by atoms with E-state index in [4.69, 9.17) is 9.47 Å². The van der Waals surface area contributed by atoms with Crippen LogP contribution in [0.2, 0.25) is 0 Å². The van der Waals surface area contributed by atoms with Gasteiger partial charge in [-0.05, 0) is 56.2 Å². The number of ether oxygens (including phenoxy) is 2. The van der Waals surface area contributed by atoms with Gasteiger partial charge in [0.1, 0.15) is 0 Å². The Morgan fingerprint density at radius 2 is 2.00 bits per heavy atom. The predicted molar refractivity (Wildman–Crippen MR) is 92.1 cm³/mol. The average molecular weight is 319 g/mol. The van der Waals surface area contributed by atoms with E-state index in [1.165, 1.54) is 12.0 Å². The minimum Gasteiger partial charge on any atom is -0.493 e. The molecule has 1 fully saturated rings. The van der Waals surface area contributed by atoms with Crippen LogP contribution in [0.25, 0.3) is 0 Å². The highest BCUT2D eigenvalue weighted by Crippen LogP contribution is 2.28. The SMILES string of the molecule is CCC1CCCCN1C(=O)CCCc1ccc(OC)c(OC)c1. The number of rotatable bonds is 7. The lowest BCUT2D eigenvalue weighted by Gasteiger charge is -2.35. The van der Waals surface area contributed by atoms with Gasteiger partial charge in [-0.25, -0.2) is 0 Å². The summed E-state index contributed by atoms with van der Waals surface area (Å²) in [7, 11) is 3.28. The summed E-state index contributed by atoms with van der Waals surface area (Å²) in [6, 6.07) is 6.42. The first kappa shape index (κ1) is 17.6. The van der Waals surface area contributed by atoms with Gasteiger partial charge in [-0.1, -0.05) is 13.0 Å². The molecule has 0 aromatic heterocycles. The topological polar surface area (TPSA) is 38.8 Å². The Hall–Kier alpha value is -1.71. The highest BCUT2D eigenvalue weighted by molar-refractivity contribution is 5.76. The van der Waals surface area contributed by atoms with Gasteiger partial charge in [-0.15, -0.1) is 0 Å². The minimum atomic E-state index is 0.317. The molecule has 1 aliphatic heterocycles. The van der Waals surface area contributed by atoms with Gasteiger partial charge in [-0.2, -0.15) is 0 Å². The van der Waals surface area contributed by atoms with Crippen LogP contribution in [0, 0.1) is 0 Å². The molecule has 23 heavy (non-hydrogen) atoms. The average Bonchev–Trinajstić information content (AvgIpc) is 2.61. The van der Waals surface area contributed by atoms with Gasteiger partial charge < -0.3 is 14.4 Å². The third-order valence-corrected chi connectivity index (χ3v) is 4.72. The molecular formula is C19H29NO3. The molecule has 0 bridgehead atoms. The van der Waals surface area contributed by atoms with E-state index in [1.54, 1.807) is 14.2 Å². The van der Waals surface area contributed by atoms with Gasteiger partial charge in [-0.3, -0.25) is 4.79 Å². The second-order valence-corrected chi connectivity index (χ2v) is 6.19. The van der Waals surface area contributed by atoms with Crippen LogP contribution in [-0.2, 0) is 11.2 Å². The van der Waals surface area contributed by atoms with Crippen molar-refractivity contribution in [1.82, 2.24) is 4.90 Å². The lowest BCUT2D eigenvalue weighted by molar-refractivity contribution is -0.135.